The Hall–Kier alpha value is -1.48. The molecule has 1 amide bonds. The lowest BCUT2D eigenvalue weighted by molar-refractivity contribution is -0.118. The Labute approximate surface area is 93.4 Å². The number of phenols is 1. The number of carbonyl (C=O) groups excluding carboxylic acids is 1. The van der Waals surface area contributed by atoms with Crippen molar-refractivity contribution in [2.75, 3.05) is 6.54 Å². The topological polar surface area (TPSA) is 49.3 Å². The standard InChI is InChI=1S/C11H12ClNO2/c1-8(14)13-7-3-5-9-4-2-6-10(12)11(9)15/h2-6,15H,7H2,1H3,(H,13,14). The van der Waals surface area contributed by atoms with Crippen molar-refractivity contribution in [3.05, 3.63) is 34.9 Å². The molecule has 0 saturated heterocycles. The van der Waals surface area contributed by atoms with Crippen LogP contribution in [0.25, 0.3) is 6.08 Å². The Bertz CT molecular complexity index is 388. The van der Waals surface area contributed by atoms with E-state index in [1.54, 1.807) is 30.4 Å². The molecule has 4 heteroatoms. The summed E-state index contributed by atoms with van der Waals surface area (Å²) < 4.78 is 0. The van der Waals surface area contributed by atoms with Gasteiger partial charge in [-0.15, -0.1) is 0 Å². The van der Waals surface area contributed by atoms with E-state index >= 15 is 0 Å². The van der Waals surface area contributed by atoms with E-state index in [1.807, 2.05) is 0 Å². The van der Waals surface area contributed by atoms with Gasteiger partial charge in [-0.3, -0.25) is 4.79 Å². The van der Waals surface area contributed by atoms with Gasteiger partial charge in [-0.25, -0.2) is 0 Å². The zero-order valence-electron chi connectivity index (χ0n) is 8.33. The van der Waals surface area contributed by atoms with E-state index in [0.29, 0.717) is 17.1 Å². The van der Waals surface area contributed by atoms with Crippen molar-refractivity contribution in [1.29, 1.82) is 0 Å². The number of hydrogen-bond donors (Lipinski definition) is 2. The average Bonchev–Trinajstić information content (AvgIpc) is 2.18. The van der Waals surface area contributed by atoms with Gasteiger partial charge in [-0.2, -0.15) is 0 Å². The highest BCUT2D eigenvalue weighted by Gasteiger charge is 2.00. The van der Waals surface area contributed by atoms with Gasteiger partial charge in [0, 0.05) is 19.0 Å². The molecule has 0 aromatic heterocycles. The molecule has 0 bridgehead atoms. The van der Waals surface area contributed by atoms with E-state index in [1.165, 1.54) is 6.92 Å². The van der Waals surface area contributed by atoms with Crippen LogP contribution in [0.5, 0.6) is 5.75 Å². The van der Waals surface area contributed by atoms with E-state index < -0.39 is 0 Å². The van der Waals surface area contributed by atoms with Crippen LogP contribution in [-0.4, -0.2) is 17.6 Å². The summed E-state index contributed by atoms with van der Waals surface area (Å²) in [7, 11) is 0. The molecule has 0 spiro atoms. The van der Waals surface area contributed by atoms with Crippen molar-refractivity contribution >= 4 is 23.6 Å². The molecule has 0 fully saturated rings. The lowest BCUT2D eigenvalue weighted by atomic mass is 10.2. The number of aromatic hydroxyl groups is 1. The van der Waals surface area contributed by atoms with Crippen molar-refractivity contribution < 1.29 is 9.90 Å². The highest BCUT2D eigenvalue weighted by Crippen LogP contribution is 2.27. The minimum Gasteiger partial charge on any atom is -0.506 e. The second-order valence-corrected chi connectivity index (χ2v) is 3.42. The first kappa shape index (κ1) is 11.6. The van der Waals surface area contributed by atoms with Gasteiger partial charge >= 0.3 is 0 Å². The number of carbonyl (C=O) groups is 1. The second kappa shape index (κ2) is 5.41. The SMILES string of the molecule is CC(=O)NCC=Cc1cccc(Cl)c1O. The maximum atomic E-state index is 10.6. The van der Waals surface area contributed by atoms with Crippen LogP contribution in [0.2, 0.25) is 5.02 Å². The molecular weight excluding hydrogens is 214 g/mol. The number of rotatable bonds is 3. The first-order valence-electron chi connectivity index (χ1n) is 4.49. The quantitative estimate of drug-likeness (QED) is 0.829. The number of hydrogen-bond acceptors (Lipinski definition) is 2. The summed E-state index contributed by atoms with van der Waals surface area (Å²) in [5, 5.41) is 12.5. The Kier molecular flexibility index (Phi) is 4.18. The Balaban J connectivity index is 2.64. The smallest absolute Gasteiger partial charge is 0.217 e. The number of benzene rings is 1. The van der Waals surface area contributed by atoms with Crippen LogP contribution >= 0.6 is 11.6 Å². The molecule has 1 aromatic carbocycles. The van der Waals surface area contributed by atoms with Gasteiger partial charge in [0.05, 0.1) is 5.02 Å². The lowest BCUT2D eigenvalue weighted by Crippen LogP contribution is -2.19. The monoisotopic (exact) mass is 225 g/mol. The van der Waals surface area contributed by atoms with Crippen LogP contribution in [0.15, 0.2) is 24.3 Å². The van der Waals surface area contributed by atoms with Crippen molar-refractivity contribution in [1.82, 2.24) is 5.32 Å². The first-order chi connectivity index (χ1) is 7.11. The maximum Gasteiger partial charge on any atom is 0.217 e. The third kappa shape index (κ3) is 3.64. The predicted molar refractivity (Wildman–Crippen MR) is 60.8 cm³/mol. The molecular formula is C11H12ClNO2. The van der Waals surface area contributed by atoms with E-state index in [9.17, 15) is 9.90 Å². The van der Waals surface area contributed by atoms with Crippen LogP contribution in [0.3, 0.4) is 0 Å². The molecule has 1 aromatic rings. The summed E-state index contributed by atoms with van der Waals surface area (Å²) in [6, 6.07) is 5.10. The van der Waals surface area contributed by atoms with Gasteiger partial charge in [0.1, 0.15) is 5.75 Å². The summed E-state index contributed by atoms with van der Waals surface area (Å²) in [5.74, 6) is -0.0341. The zero-order valence-corrected chi connectivity index (χ0v) is 9.08. The number of halogens is 1. The highest BCUT2D eigenvalue weighted by molar-refractivity contribution is 6.32. The maximum absolute atomic E-state index is 10.6. The summed E-state index contributed by atoms with van der Waals surface area (Å²) >= 11 is 5.72. The fraction of sp³-hybridized carbons (Fsp3) is 0.182. The molecule has 15 heavy (non-hydrogen) atoms. The van der Waals surface area contributed by atoms with E-state index in [0.717, 1.165) is 0 Å². The minimum absolute atomic E-state index is 0.0539. The first-order valence-corrected chi connectivity index (χ1v) is 4.87. The van der Waals surface area contributed by atoms with Crippen molar-refractivity contribution in [2.24, 2.45) is 0 Å². The summed E-state index contributed by atoms with van der Waals surface area (Å²) in [6.45, 7) is 1.88. The van der Waals surface area contributed by atoms with Gasteiger partial charge in [-0.05, 0) is 6.07 Å². The van der Waals surface area contributed by atoms with Gasteiger partial charge in [0.2, 0.25) is 5.91 Å². The molecule has 0 saturated carbocycles. The molecule has 0 aliphatic rings. The van der Waals surface area contributed by atoms with Gasteiger partial charge in [0.25, 0.3) is 0 Å². The van der Waals surface area contributed by atoms with Crippen molar-refractivity contribution in [2.45, 2.75) is 6.92 Å². The molecule has 0 heterocycles. The van der Waals surface area contributed by atoms with E-state index in [2.05, 4.69) is 5.32 Å². The number of nitrogens with one attached hydrogen (secondary N) is 1. The van der Waals surface area contributed by atoms with Crippen molar-refractivity contribution in [3.8, 4) is 5.75 Å². The lowest BCUT2D eigenvalue weighted by Gasteiger charge is -2.00. The Morgan fingerprint density at radius 2 is 2.33 bits per heavy atom. The Morgan fingerprint density at radius 3 is 3.00 bits per heavy atom. The zero-order chi connectivity index (χ0) is 11.3. The van der Waals surface area contributed by atoms with Crippen LogP contribution in [0.1, 0.15) is 12.5 Å². The molecule has 2 N–H and O–H groups in total. The summed E-state index contributed by atoms with van der Waals surface area (Å²) in [5.41, 5.74) is 0.632. The largest absolute Gasteiger partial charge is 0.506 e. The van der Waals surface area contributed by atoms with E-state index in [-0.39, 0.29) is 11.7 Å². The molecule has 3 nitrogen and oxygen atoms in total. The molecule has 80 valence electrons. The van der Waals surface area contributed by atoms with Crippen molar-refractivity contribution in [3.63, 3.8) is 0 Å². The fourth-order valence-corrected chi connectivity index (χ4v) is 1.24. The summed E-state index contributed by atoms with van der Waals surface area (Å²) in [6.07, 6.45) is 3.45. The number of phenolic OH excluding ortho intramolecular Hbond substituents is 1. The summed E-state index contributed by atoms with van der Waals surface area (Å²) in [4.78, 5) is 10.6. The van der Waals surface area contributed by atoms with Gasteiger partial charge < -0.3 is 10.4 Å². The highest BCUT2D eigenvalue weighted by atomic mass is 35.5. The third-order valence-electron chi connectivity index (χ3n) is 1.78. The van der Waals surface area contributed by atoms with E-state index in [4.69, 9.17) is 11.6 Å². The van der Waals surface area contributed by atoms with Crippen LogP contribution in [-0.2, 0) is 4.79 Å². The van der Waals surface area contributed by atoms with Gasteiger partial charge in [0.15, 0.2) is 0 Å². The molecule has 0 aliphatic carbocycles. The Morgan fingerprint density at radius 1 is 1.60 bits per heavy atom. The molecule has 0 radical (unpaired) electrons. The second-order valence-electron chi connectivity index (χ2n) is 3.02. The fourth-order valence-electron chi connectivity index (χ4n) is 1.06. The predicted octanol–water partition coefficient (Wildman–Crippen LogP) is 2.19. The molecule has 0 unspecified atom stereocenters. The third-order valence-corrected chi connectivity index (χ3v) is 2.09. The van der Waals surface area contributed by atoms with Crippen LogP contribution in [0, 0.1) is 0 Å². The average molecular weight is 226 g/mol. The normalized spacial score (nSPS) is 10.5. The molecule has 0 aliphatic heterocycles. The number of amides is 1. The molecule has 0 atom stereocenters. The van der Waals surface area contributed by atoms with Crippen LogP contribution in [0.4, 0.5) is 0 Å². The van der Waals surface area contributed by atoms with Gasteiger partial charge in [-0.1, -0.05) is 35.9 Å². The minimum atomic E-state index is -0.0880. The number of para-hydroxylation sites is 1. The molecule has 1 rings (SSSR count). The van der Waals surface area contributed by atoms with Crippen LogP contribution < -0.4 is 5.32 Å².